The molecule has 0 spiro atoms. The quantitative estimate of drug-likeness (QED) is 0.433. The molecule has 1 aliphatic heterocycles. The molecule has 1 saturated heterocycles. The third kappa shape index (κ3) is 2.09. The van der Waals surface area contributed by atoms with Crippen LogP contribution in [0.2, 0.25) is 0 Å². The van der Waals surface area contributed by atoms with Crippen LogP contribution in [0, 0.1) is 0 Å². The standard InChI is InChI=1S/C6H11N3O3/c1-7-6(11)9-8-5(10)4-2-3-12-4/h4H,2-3H2,1H3,(H,8,10)(H2,7,9,11). The number of nitrogens with one attached hydrogen (secondary N) is 3. The summed E-state index contributed by atoms with van der Waals surface area (Å²) in [6, 6.07) is -0.456. The van der Waals surface area contributed by atoms with E-state index in [4.69, 9.17) is 4.74 Å². The fraction of sp³-hybridized carbons (Fsp3) is 0.667. The molecule has 0 radical (unpaired) electrons. The molecule has 6 nitrogen and oxygen atoms in total. The molecule has 0 aromatic heterocycles. The van der Waals surface area contributed by atoms with Gasteiger partial charge in [-0.2, -0.15) is 0 Å². The predicted octanol–water partition coefficient (Wildman–Crippen LogP) is -1.26. The van der Waals surface area contributed by atoms with E-state index >= 15 is 0 Å². The van der Waals surface area contributed by atoms with Crippen LogP contribution in [-0.2, 0) is 9.53 Å². The van der Waals surface area contributed by atoms with Gasteiger partial charge in [0.1, 0.15) is 6.10 Å². The van der Waals surface area contributed by atoms with Crippen LogP contribution in [-0.4, -0.2) is 31.7 Å². The van der Waals surface area contributed by atoms with Gasteiger partial charge >= 0.3 is 6.03 Å². The average molecular weight is 173 g/mol. The predicted molar refractivity (Wildman–Crippen MR) is 40.1 cm³/mol. The first-order valence-corrected chi connectivity index (χ1v) is 3.63. The van der Waals surface area contributed by atoms with Gasteiger partial charge in [-0.3, -0.25) is 10.2 Å². The largest absolute Gasteiger partial charge is 0.368 e. The molecular formula is C6H11N3O3. The lowest BCUT2D eigenvalue weighted by molar-refractivity contribution is -0.145. The van der Waals surface area contributed by atoms with Gasteiger partial charge in [0.2, 0.25) is 0 Å². The minimum Gasteiger partial charge on any atom is -0.368 e. The minimum absolute atomic E-state index is 0.315. The van der Waals surface area contributed by atoms with Crippen molar-refractivity contribution in [3.05, 3.63) is 0 Å². The molecule has 1 fully saturated rings. The maximum absolute atomic E-state index is 11.0. The van der Waals surface area contributed by atoms with E-state index in [1.165, 1.54) is 7.05 Å². The van der Waals surface area contributed by atoms with E-state index in [-0.39, 0.29) is 5.91 Å². The Kier molecular flexibility index (Phi) is 2.87. The van der Waals surface area contributed by atoms with Crippen molar-refractivity contribution in [2.75, 3.05) is 13.7 Å². The first-order chi connectivity index (χ1) is 5.74. The van der Waals surface area contributed by atoms with E-state index in [1.54, 1.807) is 0 Å². The maximum Gasteiger partial charge on any atom is 0.333 e. The number of ether oxygens (including phenoxy) is 1. The highest BCUT2D eigenvalue weighted by Crippen LogP contribution is 2.09. The Labute approximate surface area is 69.6 Å². The summed E-state index contributed by atoms with van der Waals surface area (Å²) in [7, 11) is 1.46. The van der Waals surface area contributed by atoms with Crippen molar-refractivity contribution in [3.63, 3.8) is 0 Å². The number of carbonyl (C=O) groups excluding carboxylic acids is 2. The molecule has 0 aliphatic carbocycles. The highest BCUT2D eigenvalue weighted by atomic mass is 16.5. The summed E-state index contributed by atoms with van der Waals surface area (Å²) in [5.74, 6) is -0.315. The summed E-state index contributed by atoms with van der Waals surface area (Å²) in [4.78, 5) is 21.5. The fourth-order valence-corrected chi connectivity index (χ4v) is 0.704. The van der Waals surface area contributed by atoms with Crippen LogP contribution < -0.4 is 16.2 Å². The molecular weight excluding hydrogens is 162 g/mol. The smallest absolute Gasteiger partial charge is 0.333 e. The van der Waals surface area contributed by atoms with Gasteiger partial charge in [-0.1, -0.05) is 0 Å². The van der Waals surface area contributed by atoms with E-state index in [0.29, 0.717) is 13.0 Å². The first-order valence-electron chi connectivity index (χ1n) is 3.63. The second-order valence-corrected chi connectivity index (χ2v) is 2.34. The number of hydrogen-bond donors (Lipinski definition) is 3. The lowest BCUT2D eigenvalue weighted by atomic mass is 10.2. The Morgan fingerprint density at radius 1 is 1.42 bits per heavy atom. The van der Waals surface area contributed by atoms with Crippen molar-refractivity contribution >= 4 is 11.9 Å². The van der Waals surface area contributed by atoms with Crippen molar-refractivity contribution in [3.8, 4) is 0 Å². The molecule has 1 heterocycles. The van der Waals surface area contributed by atoms with E-state index < -0.39 is 12.1 Å². The summed E-state index contributed by atoms with van der Waals surface area (Å²) in [5.41, 5.74) is 4.36. The molecule has 1 rings (SSSR count). The lowest BCUT2D eigenvalue weighted by Gasteiger charge is -2.24. The van der Waals surface area contributed by atoms with Crippen molar-refractivity contribution in [2.45, 2.75) is 12.5 Å². The van der Waals surface area contributed by atoms with Gasteiger partial charge in [0, 0.05) is 13.5 Å². The monoisotopic (exact) mass is 173 g/mol. The number of hydrazine groups is 1. The summed E-state index contributed by atoms with van der Waals surface area (Å²) in [5, 5.41) is 2.29. The van der Waals surface area contributed by atoms with E-state index in [1.807, 2.05) is 0 Å². The SMILES string of the molecule is CNC(=O)NNC(=O)C1CCO1. The average Bonchev–Trinajstić information content (AvgIpc) is 1.97. The number of hydrogen-bond acceptors (Lipinski definition) is 3. The Morgan fingerprint density at radius 2 is 2.08 bits per heavy atom. The van der Waals surface area contributed by atoms with Crippen LogP contribution >= 0.6 is 0 Å². The first kappa shape index (κ1) is 8.79. The summed E-state index contributed by atoms with van der Waals surface area (Å²) >= 11 is 0. The van der Waals surface area contributed by atoms with Gasteiger partial charge < -0.3 is 10.1 Å². The van der Waals surface area contributed by atoms with Gasteiger partial charge in [-0.05, 0) is 0 Å². The lowest BCUT2D eigenvalue weighted by Crippen LogP contribution is -2.52. The van der Waals surface area contributed by atoms with Gasteiger partial charge in [-0.15, -0.1) is 0 Å². The zero-order chi connectivity index (χ0) is 8.97. The number of urea groups is 1. The third-order valence-corrected chi connectivity index (χ3v) is 1.52. The summed E-state index contributed by atoms with van der Waals surface area (Å²) < 4.78 is 4.87. The fourth-order valence-electron chi connectivity index (χ4n) is 0.704. The van der Waals surface area contributed by atoms with Gasteiger partial charge in [0.05, 0.1) is 6.61 Å². The molecule has 0 saturated carbocycles. The van der Waals surface area contributed by atoms with E-state index in [9.17, 15) is 9.59 Å². The second kappa shape index (κ2) is 3.91. The van der Waals surface area contributed by atoms with Gasteiger partial charge in [-0.25, -0.2) is 10.2 Å². The molecule has 6 heteroatoms. The van der Waals surface area contributed by atoms with E-state index in [0.717, 1.165) is 0 Å². The molecule has 1 unspecified atom stereocenters. The molecule has 0 aromatic rings. The Bertz CT molecular complexity index is 190. The molecule has 1 aliphatic rings. The Hall–Kier alpha value is -1.30. The van der Waals surface area contributed by atoms with Crippen molar-refractivity contribution in [1.82, 2.24) is 16.2 Å². The summed E-state index contributed by atoms with van der Waals surface area (Å²) in [6.45, 7) is 0.609. The topological polar surface area (TPSA) is 79.5 Å². The molecule has 3 amide bonds. The van der Waals surface area contributed by atoms with Crippen molar-refractivity contribution < 1.29 is 14.3 Å². The van der Waals surface area contributed by atoms with Crippen molar-refractivity contribution in [1.29, 1.82) is 0 Å². The molecule has 0 aromatic carbocycles. The number of amides is 3. The minimum atomic E-state index is -0.456. The van der Waals surface area contributed by atoms with Crippen molar-refractivity contribution in [2.24, 2.45) is 0 Å². The zero-order valence-corrected chi connectivity index (χ0v) is 6.72. The second-order valence-electron chi connectivity index (χ2n) is 2.34. The van der Waals surface area contributed by atoms with Crippen LogP contribution in [0.25, 0.3) is 0 Å². The summed E-state index contributed by atoms with van der Waals surface area (Å²) in [6.07, 6.45) is 0.309. The van der Waals surface area contributed by atoms with Crippen LogP contribution in [0.1, 0.15) is 6.42 Å². The van der Waals surface area contributed by atoms with E-state index in [2.05, 4.69) is 16.2 Å². The van der Waals surface area contributed by atoms with Gasteiger partial charge in [0.25, 0.3) is 5.91 Å². The van der Waals surface area contributed by atoms with Crippen LogP contribution in [0.15, 0.2) is 0 Å². The zero-order valence-electron chi connectivity index (χ0n) is 6.72. The maximum atomic E-state index is 11.0. The Morgan fingerprint density at radius 3 is 2.50 bits per heavy atom. The normalized spacial score (nSPS) is 20.6. The number of carbonyl (C=O) groups is 2. The highest BCUT2D eigenvalue weighted by Gasteiger charge is 2.26. The molecule has 0 bridgehead atoms. The van der Waals surface area contributed by atoms with Crippen LogP contribution in [0.4, 0.5) is 4.79 Å². The van der Waals surface area contributed by atoms with Gasteiger partial charge in [0.15, 0.2) is 0 Å². The number of rotatable bonds is 1. The Balaban J connectivity index is 2.13. The molecule has 68 valence electrons. The van der Waals surface area contributed by atoms with Crippen LogP contribution in [0.3, 0.4) is 0 Å². The molecule has 12 heavy (non-hydrogen) atoms. The highest BCUT2D eigenvalue weighted by molar-refractivity contribution is 5.84. The third-order valence-electron chi connectivity index (χ3n) is 1.52. The molecule has 1 atom stereocenters. The van der Waals surface area contributed by atoms with Crippen LogP contribution in [0.5, 0.6) is 0 Å². The molecule has 3 N–H and O–H groups in total.